The highest BCUT2D eigenvalue weighted by Gasteiger charge is 2.29. The highest BCUT2D eigenvalue weighted by Crippen LogP contribution is 2.29. The minimum absolute atomic E-state index is 0.00874. The molecule has 10 heteroatoms. The Morgan fingerprint density at radius 3 is 2.68 bits per heavy atom. The molecule has 0 atom stereocenters. The summed E-state index contributed by atoms with van der Waals surface area (Å²) in [6.07, 6.45) is 2.53. The lowest BCUT2D eigenvalue weighted by Gasteiger charge is -2.26. The van der Waals surface area contributed by atoms with Gasteiger partial charge < -0.3 is 14.2 Å². The van der Waals surface area contributed by atoms with Crippen LogP contribution >= 0.6 is 11.6 Å². The summed E-state index contributed by atoms with van der Waals surface area (Å²) in [7, 11) is -2.42. The van der Waals surface area contributed by atoms with E-state index in [1.807, 2.05) is 0 Å². The van der Waals surface area contributed by atoms with E-state index in [0.717, 1.165) is 6.08 Å². The van der Waals surface area contributed by atoms with Crippen molar-refractivity contribution in [2.75, 3.05) is 33.4 Å². The molecule has 0 aliphatic carbocycles. The van der Waals surface area contributed by atoms with Gasteiger partial charge in [-0.3, -0.25) is 0 Å². The summed E-state index contributed by atoms with van der Waals surface area (Å²) in [6, 6.07) is 8.71. The fraction of sp³-hybridized carbons (Fsp3) is 0.286. The van der Waals surface area contributed by atoms with Crippen LogP contribution in [0, 0.1) is 5.82 Å². The van der Waals surface area contributed by atoms with Crippen LogP contribution in [0.4, 0.5) is 4.39 Å². The third-order valence-corrected chi connectivity index (χ3v) is 6.88. The minimum Gasteiger partial charge on any atom is -0.495 e. The maximum Gasteiger partial charge on any atom is 0.331 e. The molecule has 2 aromatic carbocycles. The van der Waals surface area contributed by atoms with Gasteiger partial charge in [-0.2, -0.15) is 4.31 Å². The van der Waals surface area contributed by atoms with E-state index in [2.05, 4.69) is 0 Å². The Morgan fingerprint density at radius 2 is 2.00 bits per heavy atom. The second kappa shape index (κ2) is 10.2. The van der Waals surface area contributed by atoms with Gasteiger partial charge in [0.25, 0.3) is 0 Å². The van der Waals surface area contributed by atoms with E-state index in [-0.39, 0.29) is 40.9 Å². The van der Waals surface area contributed by atoms with Crippen LogP contribution in [0.25, 0.3) is 6.08 Å². The van der Waals surface area contributed by atoms with Gasteiger partial charge in [0, 0.05) is 24.7 Å². The molecular weight excluding hydrogens is 449 g/mol. The number of nitrogens with zero attached hydrogens (tertiary/aromatic N) is 1. The van der Waals surface area contributed by atoms with Gasteiger partial charge in [0.05, 0.1) is 25.3 Å². The van der Waals surface area contributed by atoms with Crippen molar-refractivity contribution in [1.29, 1.82) is 0 Å². The van der Waals surface area contributed by atoms with Crippen molar-refractivity contribution in [2.24, 2.45) is 0 Å². The van der Waals surface area contributed by atoms with Gasteiger partial charge in [-0.05, 0) is 35.9 Å². The highest BCUT2D eigenvalue weighted by atomic mass is 35.5. The van der Waals surface area contributed by atoms with Crippen LogP contribution in [0.5, 0.6) is 5.75 Å². The Labute approximate surface area is 185 Å². The normalized spacial score (nSPS) is 15.2. The van der Waals surface area contributed by atoms with Gasteiger partial charge in [0.15, 0.2) is 0 Å². The highest BCUT2D eigenvalue weighted by molar-refractivity contribution is 7.89. The Kier molecular flexibility index (Phi) is 7.66. The zero-order valence-corrected chi connectivity index (χ0v) is 18.3. The fourth-order valence-corrected chi connectivity index (χ4v) is 4.77. The molecular formula is C21H21ClFNO6S. The van der Waals surface area contributed by atoms with Crippen LogP contribution in [0.3, 0.4) is 0 Å². The number of halogens is 2. The number of methoxy groups -OCH3 is 1. The Morgan fingerprint density at radius 1 is 1.26 bits per heavy atom. The monoisotopic (exact) mass is 469 g/mol. The molecule has 7 nitrogen and oxygen atoms in total. The van der Waals surface area contributed by atoms with E-state index in [1.165, 1.54) is 47.8 Å². The third-order valence-electron chi connectivity index (χ3n) is 4.61. The molecule has 0 bridgehead atoms. The van der Waals surface area contributed by atoms with Crippen LogP contribution in [0.1, 0.15) is 11.1 Å². The summed E-state index contributed by atoms with van der Waals surface area (Å²) < 4.78 is 56.6. The molecule has 1 saturated heterocycles. The third kappa shape index (κ3) is 5.62. The fourth-order valence-electron chi connectivity index (χ4n) is 2.95. The van der Waals surface area contributed by atoms with E-state index in [4.69, 9.17) is 25.8 Å². The summed E-state index contributed by atoms with van der Waals surface area (Å²) in [5.74, 6) is -1.11. The van der Waals surface area contributed by atoms with Crippen molar-refractivity contribution in [3.05, 3.63) is 64.4 Å². The minimum atomic E-state index is -3.80. The predicted octanol–water partition coefficient (Wildman–Crippen LogP) is 3.27. The molecule has 0 spiro atoms. The van der Waals surface area contributed by atoms with E-state index < -0.39 is 21.8 Å². The topological polar surface area (TPSA) is 82.1 Å². The van der Waals surface area contributed by atoms with Crippen molar-refractivity contribution < 1.29 is 31.8 Å². The van der Waals surface area contributed by atoms with Gasteiger partial charge in [-0.25, -0.2) is 17.6 Å². The number of ether oxygens (including phenoxy) is 3. The lowest BCUT2D eigenvalue weighted by molar-refractivity contribution is -0.138. The number of morpholine rings is 1. The standard InChI is InChI=1S/C21H21ClFNO6S/c1-28-19-7-5-15(13-20(19)31(26,27)24-9-11-29-12-10-24)6-8-21(25)30-14-16-17(22)3-2-4-18(16)23/h2-8,13H,9-12,14H2,1H3/b8-6+. The van der Waals surface area contributed by atoms with E-state index in [1.54, 1.807) is 6.07 Å². The number of rotatable bonds is 7. The first kappa shape index (κ1) is 23.2. The molecule has 0 unspecified atom stereocenters. The number of hydrogen-bond acceptors (Lipinski definition) is 6. The van der Waals surface area contributed by atoms with Crippen molar-refractivity contribution >= 4 is 33.7 Å². The lowest BCUT2D eigenvalue weighted by Crippen LogP contribution is -2.40. The Hall–Kier alpha value is -2.46. The number of sulfonamides is 1. The molecule has 0 N–H and O–H groups in total. The lowest BCUT2D eigenvalue weighted by atomic mass is 10.2. The molecule has 1 heterocycles. The predicted molar refractivity (Wildman–Crippen MR) is 113 cm³/mol. The maximum absolute atomic E-state index is 13.8. The summed E-state index contributed by atoms with van der Waals surface area (Å²) >= 11 is 5.91. The molecule has 2 aromatic rings. The second-order valence-electron chi connectivity index (χ2n) is 6.57. The van der Waals surface area contributed by atoms with Gasteiger partial charge in [0.1, 0.15) is 23.1 Å². The molecule has 0 amide bonds. The Balaban J connectivity index is 1.75. The number of hydrogen-bond donors (Lipinski definition) is 0. The first-order valence-corrected chi connectivity index (χ1v) is 11.2. The molecule has 31 heavy (non-hydrogen) atoms. The quantitative estimate of drug-likeness (QED) is 0.457. The van der Waals surface area contributed by atoms with Crippen LogP contribution in [0.2, 0.25) is 5.02 Å². The second-order valence-corrected chi connectivity index (χ2v) is 8.88. The average molecular weight is 470 g/mol. The molecule has 1 aliphatic rings. The van der Waals surface area contributed by atoms with Gasteiger partial charge in [-0.1, -0.05) is 23.7 Å². The van der Waals surface area contributed by atoms with Crippen molar-refractivity contribution in [2.45, 2.75) is 11.5 Å². The first-order chi connectivity index (χ1) is 14.8. The SMILES string of the molecule is COc1ccc(/C=C/C(=O)OCc2c(F)cccc2Cl)cc1S(=O)(=O)N1CCOCC1. The summed E-state index contributed by atoms with van der Waals surface area (Å²) in [5.41, 5.74) is 0.530. The summed E-state index contributed by atoms with van der Waals surface area (Å²) in [5, 5.41) is 0.157. The number of carbonyl (C=O) groups excluding carboxylic acids is 1. The van der Waals surface area contributed by atoms with Gasteiger partial charge >= 0.3 is 5.97 Å². The molecule has 0 saturated carbocycles. The van der Waals surface area contributed by atoms with Crippen LogP contribution in [-0.4, -0.2) is 52.1 Å². The molecule has 3 rings (SSSR count). The van der Waals surface area contributed by atoms with Crippen molar-refractivity contribution in [3.8, 4) is 5.75 Å². The summed E-state index contributed by atoms with van der Waals surface area (Å²) in [6.45, 7) is 0.804. The van der Waals surface area contributed by atoms with Crippen LogP contribution in [-0.2, 0) is 30.9 Å². The smallest absolute Gasteiger partial charge is 0.331 e. The maximum atomic E-state index is 13.8. The van der Waals surface area contributed by atoms with E-state index in [0.29, 0.717) is 18.8 Å². The van der Waals surface area contributed by atoms with E-state index in [9.17, 15) is 17.6 Å². The van der Waals surface area contributed by atoms with E-state index >= 15 is 0 Å². The summed E-state index contributed by atoms with van der Waals surface area (Å²) in [4.78, 5) is 12.0. The molecule has 0 radical (unpaired) electrons. The average Bonchev–Trinajstić information content (AvgIpc) is 2.77. The van der Waals surface area contributed by atoms with Crippen molar-refractivity contribution in [1.82, 2.24) is 4.31 Å². The number of carbonyl (C=O) groups is 1. The van der Waals surface area contributed by atoms with Crippen molar-refractivity contribution in [3.63, 3.8) is 0 Å². The number of esters is 1. The molecule has 0 aromatic heterocycles. The number of benzene rings is 2. The molecule has 166 valence electrons. The molecule has 1 fully saturated rings. The zero-order valence-electron chi connectivity index (χ0n) is 16.7. The van der Waals surface area contributed by atoms with Gasteiger partial charge in [-0.15, -0.1) is 0 Å². The molecule has 1 aliphatic heterocycles. The van der Waals surface area contributed by atoms with Gasteiger partial charge in [0.2, 0.25) is 10.0 Å². The van der Waals surface area contributed by atoms with Crippen LogP contribution < -0.4 is 4.74 Å². The Bertz CT molecular complexity index is 1060. The largest absolute Gasteiger partial charge is 0.495 e. The first-order valence-electron chi connectivity index (χ1n) is 9.36. The zero-order chi connectivity index (χ0) is 22.4. The van der Waals surface area contributed by atoms with Crippen LogP contribution in [0.15, 0.2) is 47.4 Å².